The zero-order chi connectivity index (χ0) is 16.6. The quantitative estimate of drug-likeness (QED) is 0.626. The number of halogens is 3. The van der Waals surface area contributed by atoms with Crippen LogP contribution in [0, 0.1) is 0 Å². The van der Waals surface area contributed by atoms with Gasteiger partial charge in [0, 0.05) is 12.0 Å². The van der Waals surface area contributed by atoms with Crippen LogP contribution in [0.3, 0.4) is 0 Å². The van der Waals surface area contributed by atoms with Gasteiger partial charge in [0.05, 0.1) is 21.7 Å². The molecule has 1 heterocycles. The molecule has 2 aromatic rings. The number of para-hydroxylation sites is 1. The van der Waals surface area contributed by atoms with Crippen LogP contribution in [0.5, 0.6) is 0 Å². The number of anilines is 1. The van der Waals surface area contributed by atoms with E-state index < -0.39 is 18.2 Å². The number of rotatable bonds is 3. The molecule has 3 rings (SSSR count). The SMILES string of the molecule is O=C1c2ccccc2C(=O)N1c1ccccc1SOC(F)(F)F. The summed E-state index contributed by atoms with van der Waals surface area (Å²) in [7, 11) is 0. The van der Waals surface area contributed by atoms with Crippen molar-refractivity contribution >= 4 is 29.5 Å². The molecule has 0 unspecified atom stereocenters. The van der Waals surface area contributed by atoms with E-state index in [1.54, 1.807) is 12.1 Å². The fourth-order valence-electron chi connectivity index (χ4n) is 2.21. The number of alkyl halides is 3. The zero-order valence-corrected chi connectivity index (χ0v) is 12.1. The Hall–Kier alpha value is -2.32. The predicted octanol–water partition coefficient (Wildman–Crippen LogP) is 4.03. The number of hydrogen-bond acceptors (Lipinski definition) is 4. The van der Waals surface area contributed by atoms with E-state index in [0.717, 1.165) is 4.90 Å². The minimum Gasteiger partial charge on any atom is -0.268 e. The van der Waals surface area contributed by atoms with Gasteiger partial charge < -0.3 is 0 Å². The molecule has 0 saturated heterocycles. The number of benzene rings is 2. The molecular weight excluding hydrogens is 331 g/mol. The van der Waals surface area contributed by atoms with Gasteiger partial charge in [-0.25, -0.2) is 9.08 Å². The topological polar surface area (TPSA) is 46.6 Å². The number of amides is 2. The van der Waals surface area contributed by atoms with Gasteiger partial charge in [0.1, 0.15) is 0 Å². The van der Waals surface area contributed by atoms with Crippen LogP contribution in [-0.4, -0.2) is 18.2 Å². The highest BCUT2D eigenvalue weighted by Crippen LogP contribution is 2.38. The summed E-state index contributed by atoms with van der Waals surface area (Å²) in [5, 5.41) is 0. The third-order valence-corrected chi connectivity index (χ3v) is 3.92. The molecule has 2 aromatic carbocycles. The molecule has 0 fully saturated rings. The first-order chi connectivity index (χ1) is 10.9. The van der Waals surface area contributed by atoms with Crippen molar-refractivity contribution in [1.82, 2.24) is 0 Å². The summed E-state index contributed by atoms with van der Waals surface area (Å²) in [4.78, 5) is 25.7. The number of nitrogens with zero attached hydrogens (tertiary/aromatic N) is 1. The maximum atomic E-state index is 12.4. The van der Waals surface area contributed by atoms with E-state index in [1.807, 2.05) is 0 Å². The van der Waals surface area contributed by atoms with Crippen LogP contribution >= 0.6 is 12.0 Å². The molecule has 4 nitrogen and oxygen atoms in total. The van der Waals surface area contributed by atoms with Crippen molar-refractivity contribution in [2.24, 2.45) is 0 Å². The first-order valence-electron chi connectivity index (χ1n) is 6.38. The number of carbonyl (C=O) groups is 2. The largest absolute Gasteiger partial charge is 0.533 e. The Bertz CT molecular complexity index is 757. The molecule has 23 heavy (non-hydrogen) atoms. The first-order valence-corrected chi connectivity index (χ1v) is 7.12. The van der Waals surface area contributed by atoms with Crippen molar-refractivity contribution in [3.05, 3.63) is 59.7 Å². The normalized spacial score (nSPS) is 14.3. The third kappa shape index (κ3) is 2.95. The molecule has 1 aliphatic rings. The lowest BCUT2D eigenvalue weighted by molar-refractivity contribution is -0.266. The average molecular weight is 339 g/mol. The maximum absolute atomic E-state index is 12.4. The minimum atomic E-state index is -4.83. The average Bonchev–Trinajstić information content (AvgIpc) is 2.77. The zero-order valence-electron chi connectivity index (χ0n) is 11.3. The van der Waals surface area contributed by atoms with Crippen molar-refractivity contribution < 1.29 is 26.9 Å². The Morgan fingerprint density at radius 2 is 1.39 bits per heavy atom. The van der Waals surface area contributed by atoms with E-state index in [2.05, 4.69) is 4.18 Å². The standard InChI is InChI=1S/C15H8F3NO3S/c16-15(17,18)22-23-12-8-4-3-7-11(12)19-13(20)9-5-1-2-6-10(9)14(19)21/h1-8H. The third-order valence-electron chi connectivity index (χ3n) is 3.13. The van der Waals surface area contributed by atoms with Crippen LogP contribution in [0.2, 0.25) is 0 Å². The molecule has 0 bridgehead atoms. The highest BCUT2D eigenvalue weighted by Gasteiger charge is 2.38. The van der Waals surface area contributed by atoms with E-state index in [1.165, 1.54) is 36.4 Å². The summed E-state index contributed by atoms with van der Waals surface area (Å²) < 4.78 is 40.4. The number of carbonyl (C=O) groups excluding carboxylic acids is 2. The fraction of sp³-hybridized carbons (Fsp3) is 0.0667. The second kappa shape index (κ2) is 5.71. The number of imide groups is 1. The van der Waals surface area contributed by atoms with Crippen LogP contribution in [-0.2, 0) is 4.18 Å². The molecule has 1 aliphatic heterocycles. The Morgan fingerprint density at radius 3 is 1.96 bits per heavy atom. The summed E-state index contributed by atoms with van der Waals surface area (Å²) in [5.74, 6) is -1.16. The molecule has 0 aliphatic carbocycles. The highest BCUT2D eigenvalue weighted by atomic mass is 32.2. The second-order valence-electron chi connectivity index (χ2n) is 4.57. The van der Waals surface area contributed by atoms with Gasteiger partial charge >= 0.3 is 6.36 Å². The molecular formula is C15H8F3NO3S. The van der Waals surface area contributed by atoms with Crippen LogP contribution in [0.1, 0.15) is 20.7 Å². The van der Waals surface area contributed by atoms with Gasteiger partial charge in [-0.2, -0.15) is 0 Å². The van der Waals surface area contributed by atoms with Gasteiger partial charge in [0.25, 0.3) is 11.8 Å². The Labute approximate surface area is 133 Å². The fourth-order valence-corrected chi connectivity index (χ4v) is 2.78. The molecule has 0 saturated carbocycles. The molecule has 0 N–H and O–H groups in total. The summed E-state index contributed by atoms with van der Waals surface area (Å²) in [6.45, 7) is 0. The van der Waals surface area contributed by atoms with Crippen molar-refractivity contribution in [3.63, 3.8) is 0 Å². The minimum absolute atomic E-state index is 0.0133. The summed E-state index contributed by atoms with van der Waals surface area (Å²) >= 11 is 0.0525. The lowest BCUT2D eigenvalue weighted by atomic mass is 10.1. The highest BCUT2D eigenvalue weighted by molar-refractivity contribution is 7.94. The van der Waals surface area contributed by atoms with E-state index in [9.17, 15) is 22.8 Å². The molecule has 0 spiro atoms. The summed E-state index contributed by atoms with van der Waals surface area (Å²) in [6, 6.07) is 12.0. The predicted molar refractivity (Wildman–Crippen MR) is 77.0 cm³/mol. The Morgan fingerprint density at radius 1 is 0.870 bits per heavy atom. The first kappa shape index (κ1) is 15.6. The summed E-state index contributed by atoms with van der Waals surface area (Å²) in [6.07, 6.45) is -4.83. The van der Waals surface area contributed by atoms with Gasteiger partial charge in [-0.3, -0.25) is 9.59 Å². The number of hydrogen-bond donors (Lipinski definition) is 0. The number of fused-ring (bicyclic) bond motifs is 1. The van der Waals surface area contributed by atoms with Gasteiger partial charge in [0.15, 0.2) is 0 Å². The van der Waals surface area contributed by atoms with Crippen molar-refractivity contribution in [2.45, 2.75) is 11.3 Å². The monoisotopic (exact) mass is 339 g/mol. The smallest absolute Gasteiger partial charge is 0.268 e. The van der Waals surface area contributed by atoms with Crippen molar-refractivity contribution in [2.75, 3.05) is 4.90 Å². The molecule has 0 radical (unpaired) electrons. The van der Waals surface area contributed by atoms with Crippen LogP contribution in [0.25, 0.3) is 0 Å². The summed E-state index contributed by atoms with van der Waals surface area (Å²) in [5.41, 5.74) is 0.482. The lowest BCUT2D eigenvalue weighted by Gasteiger charge is -2.17. The van der Waals surface area contributed by atoms with E-state index in [0.29, 0.717) is 0 Å². The van der Waals surface area contributed by atoms with Gasteiger partial charge in [-0.05, 0) is 24.3 Å². The molecule has 2 amide bonds. The van der Waals surface area contributed by atoms with E-state index in [-0.39, 0.29) is 33.8 Å². The van der Waals surface area contributed by atoms with Crippen LogP contribution < -0.4 is 4.90 Å². The van der Waals surface area contributed by atoms with Crippen molar-refractivity contribution in [3.8, 4) is 0 Å². The van der Waals surface area contributed by atoms with Crippen LogP contribution in [0.4, 0.5) is 18.9 Å². The molecule has 0 aromatic heterocycles. The Balaban J connectivity index is 1.98. The van der Waals surface area contributed by atoms with E-state index >= 15 is 0 Å². The molecule has 118 valence electrons. The Kier molecular flexibility index (Phi) is 3.87. The molecule has 0 atom stereocenters. The van der Waals surface area contributed by atoms with Crippen LogP contribution in [0.15, 0.2) is 53.4 Å². The van der Waals surface area contributed by atoms with E-state index in [4.69, 9.17) is 0 Å². The van der Waals surface area contributed by atoms with Gasteiger partial charge in [0.2, 0.25) is 0 Å². The lowest BCUT2D eigenvalue weighted by Crippen LogP contribution is -2.29. The van der Waals surface area contributed by atoms with Crippen molar-refractivity contribution in [1.29, 1.82) is 0 Å². The van der Waals surface area contributed by atoms with Gasteiger partial charge in [-0.15, -0.1) is 13.2 Å². The molecule has 8 heteroatoms. The maximum Gasteiger partial charge on any atom is 0.533 e. The van der Waals surface area contributed by atoms with Gasteiger partial charge in [-0.1, -0.05) is 24.3 Å². The second-order valence-corrected chi connectivity index (χ2v) is 5.34.